The Morgan fingerprint density at radius 1 is 1.29 bits per heavy atom. The number of nitrogens with zero attached hydrogens (tertiary/aromatic N) is 1. The van der Waals surface area contributed by atoms with Gasteiger partial charge >= 0.3 is 6.03 Å². The lowest BCUT2D eigenvalue weighted by Crippen LogP contribution is -2.53. The predicted octanol–water partition coefficient (Wildman–Crippen LogP) is 1.28. The van der Waals surface area contributed by atoms with E-state index in [4.69, 9.17) is 5.73 Å². The molecule has 0 saturated carbocycles. The maximum absolute atomic E-state index is 11.2. The third-order valence-corrected chi connectivity index (χ3v) is 3.53. The van der Waals surface area contributed by atoms with Crippen molar-refractivity contribution in [3.05, 3.63) is 35.9 Å². The lowest BCUT2D eigenvalue weighted by atomic mass is 9.81. The van der Waals surface area contributed by atoms with Crippen molar-refractivity contribution in [1.82, 2.24) is 10.2 Å². The van der Waals surface area contributed by atoms with E-state index < -0.39 is 6.03 Å². The second-order valence-corrected chi connectivity index (χ2v) is 4.74. The van der Waals surface area contributed by atoms with Gasteiger partial charge in [0.2, 0.25) is 0 Å². The number of carbonyl (C=O) groups is 1. The molecule has 1 aromatic rings. The van der Waals surface area contributed by atoms with Crippen molar-refractivity contribution in [2.24, 2.45) is 5.73 Å². The first kappa shape index (κ1) is 11.9. The van der Waals surface area contributed by atoms with Crippen LogP contribution in [0.25, 0.3) is 0 Å². The number of carbonyl (C=O) groups excluding carboxylic acids is 1. The van der Waals surface area contributed by atoms with Gasteiger partial charge in [-0.2, -0.15) is 0 Å². The van der Waals surface area contributed by atoms with Gasteiger partial charge in [0.15, 0.2) is 0 Å². The van der Waals surface area contributed by atoms with E-state index in [2.05, 4.69) is 29.4 Å². The summed E-state index contributed by atoms with van der Waals surface area (Å²) in [6, 6.07) is 9.65. The van der Waals surface area contributed by atoms with Gasteiger partial charge in [-0.25, -0.2) is 4.79 Å². The maximum Gasteiger partial charge on any atom is 0.312 e. The summed E-state index contributed by atoms with van der Waals surface area (Å²) < 4.78 is 0. The first-order valence-corrected chi connectivity index (χ1v) is 5.94. The molecule has 0 bridgehead atoms. The quantitative estimate of drug-likeness (QED) is 0.808. The van der Waals surface area contributed by atoms with Crippen molar-refractivity contribution >= 4 is 6.03 Å². The first-order chi connectivity index (χ1) is 8.12. The molecule has 1 aliphatic heterocycles. The normalized spacial score (nSPS) is 19.8. The Hall–Kier alpha value is -1.55. The Balaban J connectivity index is 2.27. The highest BCUT2D eigenvalue weighted by atomic mass is 16.2. The minimum Gasteiger partial charge on any atom is -0.352 e. The molecule has 1 heterocycles. The Morgan fingerprint density at radius 2 is 1.88 bits per heavy atom. The number of hydrogen-bond donors (Lipinski definition) is 2. The second kappa shape index (κ2) is 4.75. The molecule has 92 valence electrons. The zero-order valence-corrected chi connectivity index (χ0v) is 10.1. The van der Waals surface area contributed by atoms with Crippen LogP contribution in [0, 0.1) is 0 Å². The van der Waals surface area contributed by atoms with Crippen LogP contribution in [0.2, 0.25) is 0 Å². The first-order valence-electron chi connectivity index (χ1n) is 5.94. The molecule has 0 atom stereocenters. The molecular weight excluding hydrogens is 214 g/mol. The third kappa shape index (κ3) is 2.58. The summed E-state index contributed by atoms with van der Waals surface area (Å²) in [5.41, 5.74) is 6.17. The third-order valence-electron chi connectivity index (χ3n) is 3.53. The zero-order chi connectivity index (χ0) is 12.3. The summed E-state index contributed by atoms with van der Waals surface area (Å²) in [7, 11) is 2.10. The van der Waals surface area contributed by atoms with Gasteiger partial charge in [-0.1, -0.05) is 30.3 Å². The van der Waals surface area contributed by atoms with Crippen LogP contribution in [-0.4, -0.2) is 31.1 Å². The molecule has 0 aromatic heterocycles. The summed E-state index contributed by atoms with van der Waals surface area (Å²) in [5.74, 6) is 0. The largest absolute Gasteiger partial charge is 0.352 e. The molecule has 0 spiro atoms. The lowest BCUT2D eigenvalue weighted by molar-refractivity contribution is 0.159. The van der Waals surface area contributed by atoms with Crippen LogP contribution in [0.1, 0.15) is 18.4 Å². The molecule has 1 aliphatic rings. The number of amides is 2. The van der Waals surface area contributed by atoms with E-state index in [0.717, 1.165) is 31.5 Å². The Kier molecular flexibility index (Phi) is 3.33. The average Bonchev–Trinajstić information content (AvgIpc) is 2.33. The number of urea groups is 1. The van der Waals surface area contributed by atoms with Crippen molar-refractivity contribution in [3.8, 4) is 0 Å². The fourth-order valence-electron chi connectivity index (χ4n) is 2.48. The molecular formula is C13H19N3O. The van der Waals surface area contributed by atoms with E-state index in [1.807, 2.05) is 18.2 Å². The Bertz CT molecular complexity index is 383. The fourth-order valence-corrected chi connectivity index (χ4v) is 2.48. The summed E-state index contributed by atoms with van der Waals surface area (Å²) in [4.78, 5) is 13.5. The molecule has 4 nitrogen and oxygen atoms in total. The summed E-state index contributed by atoms with van der Waals surface area (Å²) in [6.45, 7) is 1.93. The number of hydrogen-bond acceptors (Lipinski definition) is 2. The van der Waals surface area contributed by atoms with Gasteiger partial charge in [0.1, 0.15) is 0 Å². The van der Waals surface area contributed by atoms with E-state index >= 15 is 0 Å². The number of primary amides is 1. The van der Waals surface area contributed by atoms with E-state index in [-0.39, 0.29) is 5.54 Å². The van der Waals surface area contributed by atoms with Crippen LogP contribution in [0.4, 0.5) is 4.79 Å². The molecule has 0 unspecified atom stereocenters. The number of nitrogens with one attached hydrogen (secondary N) is 1. The fraction of sp³-hybridized carbons (Fsp3) is 0.462. The van der Waals surface area contributed by atoms with Crippen LogP contribution in [-0.2, 0) is 5.54 Å². The molecule has 1 aromatic carbocycles. The van der Waals surface area contributed by atoms with Crippen molar-refractivity contribution in [3.63, 3.8) is 0 Å². The smallest absolute Gasteiger partial charge is 0.312 e. The molecule has 0 radical (unpaired) electrons. The van der Waals surface area contributed by atoms with E-state index in [9.17, 15) is 4.79 Å². The highest BCUT2D eigenvalue weighted by molar-refractivity contribution is 5.73. The molecule has 4 heteroatoms. The van der Waals surface area contributed by atoms with Gasteiger partial charge in [-0.05, 0) is 25.5 Å². The number of benzene rings is 1. The van der Waals surface area contributed by atoms with Crippen LogP contribution >= 0.6 is 0 Å². The van der Waals surface area contributed by atoms with Gasteiger partial charge < -0.3 is 16.0 Å². The van der Waals surface area contributed by atoms with E-state index in [1.54, 1.807) is 0 Å². The average molecular weight is 233 g/mol. The highest BCUT2D eigenvalue weighted by Crippen LogP contribution is 2.32. The van der Waals surface area contributed by atoms with Crippen molar-refractivity contribution in [2.75, 3.05) is 20.1 Å². The summed E-state index contributed by atoms with van der Waals surface area (Å²) >= 11 is 0. The molecule has 1 saturated heterocycles. The van der Waals surface area contributed by atoms with Crippen molar-refractivity contribution < 1.29 is 4.79 Å². The van der Waals surface area contributed by atoms with Gasteiger partial charge in [0, 0.05) is 13.1 Å². The topological polar surface area (TPSA) is 58.4 Å². The summed E-state index contributed by atoms with van der Waals surface area (Å²) in [5, 5.41) is 2.94. The zero-order valence-electron chi connectivity index (χ0n) is 10.1. The predicted molar refractivity (Wildman–Crippen MR) is 67.6 cm³/mol. The lowest BCUT2D eigenvalue weighted by Gasteiger charge is -2.41. The number of piperidine rings is 1. The second-order valence-electron chi connectivity index (χ2n) is 4.74. The molecule has 1 fully saturated rings. The monoisotopic (exact) mass is 233 g/mol. The van der Waals surface area contributed by atoms with Crippen LogP contribution in [0.3, 0.4) is 0 Å². The van der Waals surface area contributed by atoms with Gasteiger partial charge in [0.25, 0.3) is 0 Å². The van der Waals surface area contributed by atoms with Gasteiger partial charge in [-0.15, -0.1) is 0 Å². The minimum atomic E-state index is -0.446. The van der Waals surface area contributed by atoms with E-state index in [0.29, 0.717) is 0 Å². The Labute approximate surface area is 102 Å². The minimum absolute atomic E-state index is 0.292. The van der Waals surface area contributed by atoms with Crippen LogP contribution in [0.15, 0.2) is 30.3 Å². The van der Waals surface area contributed by atoms with Crippen molar-refractivity contribution in [1.29, 1.82) is 0 Å². The van der Waals surface area contributed by atoms with Crippen molar-refractivity contribution in [2.45, 2.75) is 18.4 Å². The number of rotatable bonds is 2. The van der Waals surface area contributed by atoms with Gasteiger partial charge in [0.05, 0.1) is 5.54 Å². The van der Waals surface area contributed by atoms with Crippen LogP contribution in [0.5, 0.6) is 0 Å². The maximum atomic E-state index is 11.2. The number of nitrogens with two attached hydrogens (primary N) is 1. The van der Waals surface area contributed by atoms with Crippen LogP contribution < -0.4 is 11.1 Å². The van der Waals surface area contributed by atoms with Gasteiger partial charge in [-0.3, -0.25) is 0 Å². The highest BCUT2D eigenvalue weighted by Gasteiger charge is 2.36. The standard InChI is InChI=1S/C13H19N3O/c1-16-9-7-13(8-10-16,15-12(14)17)11-5-3-2-4-6-11/h2-6H,7-10H2,1H3,(H3,14,15,17). The molecule has 0 aliphatic carbocycles. The summed E-state index contributed by atoms with van der Waals surface area (Å²) in [6.07, 6.45) is 1.80. The molecule has 2 amide bonds. The molecule has 17 heavy (non-hydrogen) atoms. The Morgan fingerprint density at radius 3 is 2.41 bits per heavy atom. The molecule has 3 N–H and O–H groups in total. The molecule has 2 rings (SSSR count). The number of likely N-dealkylation sites (tertiary alicyclic amines) is 1. The van der Waals surface area contributed by atoms with E-state index in [1.165, 1.54) is 0 Å². The SMILES string of the molecule is CN1CCC(NC(N)=O)(c2ccccc2)CC1.